The van der Waals surface area contributed by atoms with E-state index in [1.807, 2.05) is 4.90 Å². The van der Waals surface area contributed by atoms with E-state index < -0.39 is 0 Å². The van der Waals surface area contributed by atoms with E-state index in [4.69, 9.17) is 9.72 Å². The van der Waals surface area contributed by atoms with Gasteiger partial charge >= 0.3 is 6.09 Å². The lowest BCUT2D eigenvalue weighted by Gasteiger charge is -2.37. The van der Waals surface area contributed by atoms with E-state index in [2.05, 4.69) is 22.3 Å². The molecule has 3 fully saturated rings. The number of fused-ring (bicyclic) bond motifs is 3. The van der Waals surface area contributed by atoms with Gasteiger partial charge in [0.05, 0.1) is 6.54 Å². The SMILES string of the molecule is O=C(OC1CCCC1)N1CCc2nc(N3C4CCC3CNC4)ccc2C1. The minimum Gasteiger partial charge on any atom is -0.446 e. The standard InChI is InChI=1S/C20H28N4O2/c25-20(26-17-3-1-2-4-17)23-10-9-18-14(13-23)5-8-19(22-18)24-15-6-7-16(24)12-21-11-15/h5,8,15-17,21H,1-4,6-7,9-13H2. The summed E-state index contributed by atoms with van der Waals surface area (Å²) in [6, 6.07) is 5.50. The van der Waals surface area contributed by atoms with Gasteiger partial charge < -0.3 is 19.9 Å². The van der Waals surface area contributed by atoms with Gasteiger partial charge in [-0.15, -0.1) is 0 Å². The summed E-state index contributed by atoms with van der Waals surface area (Å²) in [5.41, 5.74) is 2.33. The second-order valence-corrected chi connectivity index (χ2v) is 8.19. The molecule has 5 rings (SSSR count). The van der Waals surface area contributed by atoms with Crippen molar-refractivity contribution in [3.63, 3.8) is 0 Å². The van der Waals surface area contributed by atoms with Crippen molar-refractivity contribution < 1.29 is 9.53 Å². The minimum absolute atomic E-state index is 0.132. The molecular weight excluding hydrogens is 328 g/mol. The number of hydrogen-bond acceptors (Lipinski definition) is 5. The van der Waals surface area contributed by atoms with Crippen molar-refractivity contribution in [2.75, 3.05) is 24.5 Å². The molecule has 1 aromatic heterocycles. The summed E-state index contributed by atoms with van der Waals surface area (Å²) in [6.45, 7) is 3.47. The van der Waals surface area contributed by atoms with Gasteiger partial charge in [-0.05, 0) is 50.2 Å². The quantitative estimate of drug-likeness (QED) is 0.882. The Morgan fingerprint density at radius 2 is 1.88 bits per heavy atom. The maximum absolute atomic E-state index is 12.4. The van der Waals surface area contributed by atoms with E-state index in [-0.39, 0.29) is 12.2 Å². The highest BCUT2D eigenvalue weighted by molar-refractivity contribution is 5.68. The van der Waals surface area contributed by atoms with Crippen LogP contribution in [0.5, 0.6) is 0 Å². The number of rotatable bonds is 2. The van der Waals surface area contributed by atoms with Crippen molar-refractivity contribution in [2.45, 2.75) is 69.7 Å². The van der Waals surface area contributed by atoms with Crippen molar-refractivity contribution in [2.24, 2.45) is 0 Å². The summed E-state index contributed by atoms with van der Waals surface area (Å²) in [5.74, 6) is 1.12. The first-order valence-electron chi connectivity index (χ1n) is 10.2. The Hall–Kier alpha value is -1.82. The number of pyridine rings is 1. The van der Waals surface area contributed by atoms with Gasteiger partial charge in [0.2, 0.25) is 0 Å². The van der Waals surface area contributed by atoms with Gasteiger partial charge in [-0.2, -0.15) is 0 Å². The number of nitrogens with one attached hydrogen (secondary N) is 1. The van der Waals surface area contributed by atoms with Crippen LogP contribution in [-0.4, -0.2) is 53.8 Å². The number of hydrogen-bond donors (Lipinski definition) is 1. The monoisotopic (exact) mass is 356 g/mol. The zero-order valence-electron chi connectivity index (χ0n) is 15.3. The van der Waals surface area contributed by atoms with Gasteiger partial charge in [-0.25, -0.2) is 9.78 Å². The fourth-order valence-corrected chi connectivity index (χ4v) is 5.08. The summed E-state index contributed by atoms with van der Waals surface area (Å²) in [4.78, 5) is 21.8. The van der Waals surface area contributed by atoms with E-state index in [0.717, 1.165) is 43.9 Å². The summed E-state index contributed by atoms with van der Waals surface area (Å²) < 4.78 is 5.67. The van der Waals surface area contributed by atoms with Gasteiger partial charge in [0.15, 0.2) is 0 Å². The molecule has 4 aliphatic rings. The number of aromatic nitrogens is 1. The molecule has 4 heterocycles. The van der Waals surface area contributed by atoms with Crippen LogP contribution in [0.2, 0.25) is 0 Å². The third kappa shape index (κ3) is 2.94. The molecule has 3 aliphatic heterocycles. The average molecular weight is 356 g/mol. The first-order valence-corrected chi connectivity index (χ1v) is 10.2. The number of nitrogens with zero attached hydrogens (tertiary/aromatic N) is 3. The molecule has 1 aromatic rings. The molecule has 1 N–H and O–H groups in total. The number of ether oxygens (including phenoxy) is 1. The summed E-state index contributed by atoms with van der Waals surface area (Å²) in [7, 11) is 0. The van der Waals surface area contributed by atoms with Crippen LogP contribution in [0, 0.1) is 0 Å². The number of carbonyl (C=O) groups is 1. The molecule has 2 saturated heterocycles. The van der Waals surface area contributed by atoms with Crippen molar-refractivity contribution in [3.05, 3.63) is 23.4 Å². The fourth-order valence-electron chi connectivity index (χ4n) is 5.08. The number of piperazine rings is 1. The Morgan fingerprint density at radius 1 is 1.12 bits per heavy atom. The molecule has 2 bridgehead atoms. The van der Waals surface area contributed by atoms with Crippen LogP contribution in [0.4, 0.5) is 10.6 Å². The maximum atomic E-state index is 12.4. The largest absolute Gasteiger partial charge is 0.446 e. The topological polar surface area (TPSA) is 57.7 Å². The lowest BCUT2D eigenvalue weighted by atomic mass is 10.1. The van der Waals surface area contributed by atoms with Crippen LogP contribution in [0.25, 0.3) is 0 Å². The predicted molar refractivity (Wildman–Crippen MR) is 99.2 cm³/mol. The summed E-state index contributed by atoms with van der Waals surface area (Å²) in [5, 5.41) is 3.53. The van der Waals surface area contributed by atoms with Gasteiger partial charge in [-0.1, -0.05) is 6.07 Å². The van der Waals surface area contributed by atoms with Crippen molar-refractivity contribution in [1.29, 1.82) is 0 Å². The predicted octanol–water partition coefficient (Wildman–Crippen LogP) is 2.46. The minimum atomic E-state index is -0.147. The number of amides is 1. The Bertz CT molecular complexity index is 672. The van der Waals surface area contributed by atoms with Crippen LogP contribution >= 0.6 is 0 Å². The summed E-state index contributed by atoms with van der Waals surface area (Å²) in [6.07, 6.45) is 7.74. The first kappa shape index (κ1) is 16.4. The van der Waals surface area contributed by atoms with Crippen LogP contribution in [-0.2, 0) is 17.7 Å². The molecule has 6 heteroatoms. The smallest absolute Gasteiger partial charge is 0.410 e. The van der Waals surface area contributed by atoms with Gasteiger partial charge in [0.25, 0.3) is 0 Å². The average Bonchev–Trinajstić information content (AvgIpc) is 3.26. The molecule has 0 spiro atoms. The third-order valence-electron chi connectivity index (χ3n) is 6.51. The highest BCUT2D eigenvalue weighted by atomic mass is 16.6. The molecule has 0 radical (unpaired) electrons. The van der Waals surface area contributed by atoms with Gasteiger partial charge in [0, 0.05) is 43.8 Å². The van der Waals surface area contributed by atoms with Crippen LogP contribution in [0.1, 0.15) is 49.8 Å². The fraction of sp³-hybridized carbons (Fsp3) is 0.700. The van der Waals surface area contributed by atoms with E-state index in [1.54, 1.807) is 0 Å². The molecule has 1 amide bonds. The van der Waals surface area contributed by atoms with Gasteiger partial charge in [-0.3, -0.25) is 0 Å². The van der Waals surface area contributed by atoms with Crippen molar-refractivity contribution in [3.8, 4) is 0 Å². The van der Waals surface area contributed by atoms with Crippen LogP contribution in [0.15, 0.2) is 12.1 Å². The van der Waals surface area contributed by atoms with E-state index in [9.17, 15) is 4.79 Å². The maximum Gasteiger partial charge on any atom is 0.410 e. The Balaban J connectivity index is 1.28. The van der Waals surface area contributed by atoms with Crippen LogP contribution in [0.3, 0.4) is 0 Å². The van der Waals surface area contributed by atoms with Crippen LogP contribution < -0.4 is 10.2 Å². The van der Waals surface area contributed by atoms with Crippen molar-refractivity contribution >= 4 is 11.9 Å². The van der Waals surface area contributed by atoms with Crippen molar-refractivity contribution in [1.82, 2.24) is 15.2 Å². The van der Waals surface area contributed by atoms with E-state index in [1.165, 1.54) is 31.2 Å². The van der Waals surface area contributed by atoms with E-state index >= 15 is 0 Å². The zero-order valence-corrected chi connectivity index (χ0v) is 15.3. The molecular formula is C20H28N4O2. The number of carbonyl (C=O) groups excluding carboxylic acids is 1. The Morgan fingerprint density at radius 3 is 2.65 bits per heavy atom. The second kappa shape index (κ2) is 6.72. The number of anilines is 1. The molecule has 1 saturated carbocycles. The Labute approximate surface area is 154 Å². The first-order chi connectivity index (χ1) is 12.8. The molecule has 2 atom stereocenters. The van der Waals surface area contributed by atoms with E-state index in [0.29, 0.717) is 25.2 Å². The zero-order chi connectivity index (χ0) is 17.5. The second-order valence-electron chi connectivity index (χ2n) is 8.19. The third-order valence-corrected chi connectivity index (χ3v) is 6.51. The normalized spacial score (nSPS) is 28.3. The molecule has 26 heavy (non-hydrogen) atoms. The molecule has 1 aliphatic carbocycles. The lowest BCUT2D eigenvalue weighted by Crippen LogP contribution is -2.52. The molecule has 6 nitrogen and oxygen atoms in total. The lowest BCUT2D eigenvalue weighted by molar-refractivity contribution is 0.0617. The molecule has 0 aromatic carbocycles. The molecule has 140 valence electrons. The Kier molecular flexibility index (Phi) is 4.23. The highest BCUT2D eigenvalue weighted by Crippen LogP contribution is 2.32. The molecule has 2 unspecified atom stereocenters. The summed E-state index contributed by atoms with van der Waals surface area (Å²) >= 11 is 0. The van der Waals surface area contributed by atoms with Gasteiger partial charge in [0.1, 0.15) is 11.9 Å². The highest BCUT2D eigenvalue weighted by Gasteiger charge is 2.37.